The van der Waals surface area contributed by atoms with E-state index in [0.29, 0.717) is 6.42 Å². The van der Waals surface area contributed by atoms with Crippen molar-refractivity contribution in [1.82, 2.24) is 5.32 Å². The number of rotatable bonds is 6. The van der Waals surface area contributed by atoms with Crippen LogP contribution in [0.3, 0.4) is 0 Å². The molecule has 0 heterocycles. The largest absolute Gasteiger partial charge is 0.316 e. The van der Waals surface area contributed by atoms with Gasteiger partial charge in [-0.3, -0.25) is 0 Å². The number of hydrogen-bond donors (Lipinski definition) is 1. The summed E-state index contributed by atoms with van der Waals surface area (Å²) in [6, 6.07) is 5.22. The van der Waals surface area contributed by atoms with E-state index < -0.39 is 24.9 Å². The van der Waals surface area contributed by atoms with Crippen LogP contribution in [-0.4, -0.2) is 41.4 Å². The van der Waals surface area contributed by atoms with Gasteiger partial charge in [0.15, 0.2) is 19.7 Å². The van der Waals surface area contributed by atoms with Crippen LogP contribution in [0.1, 0.15) is 20.3 Å². The van der Waals surface area contributed by atoms with E-state index in [-0.39, 0.29) is 15.8 Å². The zero-order chi connectivity index (χ0) is 15.6. The first kappa shape index (κ1) is 17.1. The topological polar surface area (TPSA) is 80.3 Å². The Morgan fingerprint density at radius 1 is 1.05 bits per heavy atom. The van der Waals surface area contributed by atoms with Gasteiger partial charge in [-0.2, -0.15) is 0 Å². The predicted molar refractivity (Wildman–Crippen MR) is 79.3 cm³/mol. The van der Waals surface area contributed by atoms with Crippen LogP contribution >= 0.6 is 0 Å². The van der Waals surface area contributed by atoms with Gasteiger partial charge in [0.1, 0.15) is 0 Å². The third-order valence-electron chi connectivity index (χ3n) is 3.45. The minimum Gasteiger partial charge on any atom is -0.316 e. The molecule has 0 saturated heterocycles. The molecule has 0 saturated carbocycles. The summed E-state index contributed by atoms with van der Waals surface area (Å²) in [5.41, 5.74) is 0. The summed E-state index contributed by atoms with van der Waals surface area (Å²) in [6.07, 6.45) is 1.78. The fraction of sp³-hybridized carbons (Fsp3) is 0.538. The van der Waals surface area contributed by atoms with Crippen LogP contribution in [0.4, 0.5) is 0 Å². The molecule has 0 aliphatic heterocycles. The van der Waals surface area contributed by atoms with Crippen LogP contribution in [0.25, 0.3) is 0 Å². The first-order valence-corrected chi connectivity index (χ1v) is 9.79. The molecule has 20 heavy (non-hydrogen) atoms. The molecule has 1 aromatic carbocycles. The number of benzene rings is 1. The molecule has 1 N–H and O–H groups in total. The van der Waals surface area contributed by atoms with Gasteiger partial charge in [0.25, 0.3) is 0 Å². The molecule has 1 rings (SSSR count). The van der Waals surface area contributed by atoms with Crippen molar-refractivity contribution in [3.05, 3.63) is 24.3 Å². The van der Waals surface area contributed by atoms with Gasteiger partial charge in [-0.15, -0.1) is 0 Å². The molecule has 2 unspecified atom stereocenters. The molecule has 1 aromatic rings. The summed E-state index contributed by atoms with van der Waals surface area (Å²) in [4.78, 5) is 0.260. The van der Waals surface area contributed by atoms with E-state index in [2.05, 4.69) is 5.32 Å². The van der Waals surface area contributed by atoms with Crippen LogP contribution in [0.15, 0.2) is 34.1 Å². The van der Waals surface area contributed by atoms with Gasteiger partial charge in [-0.1, -0.05) is 6.92 Å². The van der Waals surface area contributed by atoms with Gasteiger partial charge in [0.05, 0.1) is 15.0 Å². The Morgan fingerprint density at radius 3 is 1.85 bits per heavy atom. The standard InChI is InChI=1S/C13H21NO4S2/c1-5-13(14-3)10(2)20(17,18)12-8-6-11(7-9-12)19(4,15)16/h6-10,13-14H,5H2,1-4H3. The summed E-state index contributed by atoms with van der Waals surface area (Å²) in [5.74, 6) is 0. The highest BCUT2D eigenvalue weighted by Gasteiger charge is 2.29. The Bertz CT molecular complexity index is 644. The van der Waals surface area contributed by atoms with Gasteiger partial charge in [0.2, 0.25) is 0 Å². The number of hydrogen-bond acceptors (Lipinski definition) is 5. The highest BCUT2D eigenvalue weighted by molar-refractivity contribution is 7.92. The average molecular weight is 319 g/mol. The van der Waals surface area contributed by atoms with Crippen molar-refractivity contribution in [1.29, 1.82) is 0 Å². The van der Waals surface area contributed by atoms with Crippen molar-refractivity contribution in [2.75, 3.05) is 13.3 Å². The van der Waals surface area contributed by atoms with Crippen LogP contribution in [0.5, 0.6) is 0 Å². The summed E-state index contributed by atoms with van der Waals surface area (Å²) in [7, 11) is -5.07. The van der Waals surface area contributed by atoms with Crippen LogP contribution in [0.2, 0.25) is 0 Å². The second-order valence-electron chi connectivity index (χ2n) is 4.80. The van der Waals surface area contributed by atoms with E-state index >= 15 is 0 Å². The minimum atomic E-state index is -3.48. The maximum absolute atomic E-state index is 12.5. The van der Waals surface area contributed by atoms with E-state index in [0.717, 1.165) is 6.26 Å². The molecule has 2 atom stereocenters. The molecule has 114 valence electrons. The highest BCUT2D eigenvalue weighted by atomic mass is 32.2. The molecule has 0 spiro atoms. The van der Waals surface area contributed by atoms with Crippen molar-refractivity contribution in [3.63, 3.8) is 0 Å². The van der Waals surface area contributed by atoms with E-state index in [9.17, 15) is 16.8 Å². The molecule has 0 aliphatic carbocycles. The van der Waals surface area contributed by atoms with E-state index in [1.165, 1.54) is 24.3 Å². The van der Waals surface area contributed by atoms with Crippen molar-refractivity contribution in [2.24, 2.45) is 0 Å². The van der Waals surface area contributed by atoms with Crippen LogP contribution in [-0.2, 0) is 19.7 Å². The van der Waals surface area contributed by atoms with Gasteiger partial charge < -0.3 is 5.32 Å². The lowest BCUT2D eigenvalue weighted by Gasteiger charge is -2.22. The lowest BCUT2D eigenvalue weighted by molar-refractivity contribution is 0.505. The first-order valence-electron chi connectivity index (χ1n) is 6.35. The van der Waals surface area contributed by atoms with Crippen LogP contribution in [0, 0.1) is 0 Å². The SMILES string of the molecule is CCC(NC)C(C)S(=O)(=O)c1ccc(S(C)(=O)=O)cc1. The van der Waals surface area contributed by atoms with E-state index in [1.54, 1.807) is 14.0 Å². The Kier molecular flexibility index (Phi) is 5.34. The highest BCUT2D eigenvalue weighted by Crippen LogP contribution is 2.21. The second-order valence-corrected chi connectivity index (χ2v) is 9.12. The third-order valence-corrected chi connectivity index (χ3v) is 6.81. The van der Waals surface area contributed by atoms with E-state index in [1.807, 2.05) is 6.92 Å². The third kappa shape index (κ3) is 3.59. The predicted octanol–water partition coefficient (Wildman–Crippen LogP) is 1.25. The maximum atomic E-state index is 12.5. The summed E-state index contributed by atoms with van der Waals surface area (Å²) < 4.78 is 47.7. The average Bonchev–Trinajstić information content (AvgIpc) is 2.39. The van der Waals surface area contributed by atoms with Gasteiger partial charge in [0, 0.05) is 12.3 Å². The Balaban J connectivity index is 3.17. The van der Waals surface area contributed by atoms with Gasteiger partial charge in [-0.05, 0) is 44.7 Å². The Labute approximate surface area is 121 Å². The summed E-state index contributed by atoms with van der Waals surface area (Å²) in [6.45, 7) is 3.57. The summed E-state index contributed by atoms with van der Waals surface area (Å²) in [5, 5.41) is 2.41. The summed E-state index contributed by atoms with van der Waals surface area (Å²) >= 11 is 0. The molecular formula is C13H21NO4S2. The lowest BCUT2D eigenvalue weighted by atomic mass is 10.2. The van der Waals surface area contributed by atoms with E-state index in [4.69, 9.17) is 0 Å². The zero-order valence-corrected chi connectivity index (χ0v) is 13.8. The van der Waals surface area contributed by atoms with Gasteiger partial charge >= 0.3 is 0 Å². The fourth-order valence-electron chi connectivity index (χ4n) is 2.08. The molecule has 0 aliphatic rings. The smallest absolute Gasteiger partial charge is 0.182 e. The maximum Gasteiger partial charge on any atom is 0.182 e. The molecule has 0 aromatic heterocycles. The number of nitrogens with one attached hydrogen (secondary N) is 1. The quantitative estimate of drug-likeness (QED) is 0.853. The molecule has 0 amide bonds. The monoisotopic (exact) mass is 319 g/mol. The molecule has 0 fully saturated rings. The molecule has 0 radical (unpaired) electrons. The van der Waals surface area contributed by atoms with Crippen molar-refractivity contribution in [2.45, 2.75) is 41.4 Å². The Hall–Kier alpha value is -0.920. The van der Waals surface area contributed by atoms with Crippen molar-refractivity contribution in [3.8, 4) is 0 Å². The fourth-order valence-corrected chi connectivity index (χ4v) is 4.41. The molecule has 5 nitrogen and oxygen atoms in total. The second kappa shape index (κ2) is 6.24. The Morgan fingerprint density at radius 2 is 1.50 bits per heavy atom. The molecule has 7 heteroatoms. The number of sulfone groups is 2. The molecular weight excluding hydrogens is 298 g/mol. The van der Waals surface area contributed by atoms with Gasteiger partial charge in [-0.25, -0.2) is 16.8 Å². The van der Waals surface area contributed by atoms with Crippen molar-refractivity contribution >= 4 is 19.7 Å². The van der Waals surface area contributed by atoms with Crippen LogP contribution < -0.4 is 5.32 Å². The zero-order valence-electron chi connectivity index (χ0n) is 12.1. The normalized spacial score (nSPS) is 15.8. The lowest BCUT2D eigenvalue weighted by Crippen LogP contribution is -2.40. The first-order chi connectivity index (χ1) is 9.14. The minimum absolute atomic E-state index is 0.116. The van der Waals surface area contributed by atoms with Crippen molar-refractivity contribution < 1.29 is 16.8 Å². The molecule has 0 bridgehead atoms.